The lowest BCUT2D eigenvalue weighted by atomic mass is 10.0. The highest BCUT2D eigenvalue weighted by Crippen LogP contribution is 2.41. The summed E-state index contributed by atoms with van der Waals surface area (Å²) in [5.41, 5.74) is -0.552. The van der Waals surface area contributed by atoms with Crippen LogP contribution in [0.3, 0.4) is 0 Å². The summed E-state index contributed by atoms with van der Waals surface area (Å²) in [5.74, 6) is -4.14. The van der Waals surface area contributed by atoms with Crippen molar-refractivity contribution < 1.29 is 43.3 Å². The highest BCUT2D eigenvalue weighted by molar-refractivity contribution is 8.00. The fourth-order valence-corrected chi connectivity index (χ4v) is 8.49. The van der Waals surface area contributed by atoms with Crippen LogP contribution in [-0.2, 0) is 25.5 Å². The summed E-state index contributed by atoms with van der Waals surface area (Å²) in [6.45, 7) is 0.225. The van der Waals surface area contributed by atoms with Gasteiger partial charge in [0, 0.05) is 46.9 Å². The van der Waals surface area contributed by atoms with Crippen LogP contribution in [-0.4, -0.2) is 92.4 Å². The molecule has 3 unspecified atom stereocenters. The molecule has 1 aromatic carbocycles. The molecule has 0 radical (unpaired) electrons. The van der Waals surface area contributed by atoms with E-state index < -0.39 is 58.2 Å². The number of hydrogen-bond donors (Lipinski definition) is 4. The van der Waals surface area contributed by atoms with Crippen molar-refractivity contribution in [3.05, 3.63) is 73.6 Å². The fourth-order valence-electron chi connectivity index (χ4n) is 6.46. The fraction of sp³-hybridized carbons (Fsp3) is 0.375. The van der Waals surface area contributed by atoms with Gasteiger partial charge in [-0.3, -0.25) is 19.3 Å². The molecule has 5 heterocycles. The number of hydrogen-bond acceptors (Lipinski definition) is 10. The number of carbonyl (C=O) groups excluding carboxylic acids is 3. The molecule has 1 aliphatic carbocycles. The Balaban J connectivity index is 0.976. The van der Waals surface area contributed by atoms with Crippen LogP contribution in [0, 0.1) is 5.82 Å². The molecule has 4 N–H and O–H groups in total. The molecular weight excluding hydrogens is 682 g/mol. The summed E-state index contributed by atoms with van der Waals surface area (Å²) in [6, 6.07) is 4.97. The molecule has 1 saturated carbocycles. The van der Waals surface area contributed by atoms with Crippen molar-refractivity contribution in [1.82, 2.24) is 20.1 Å². The number of β-lactam (4-membered cyclic amide) rings is 1. The molecule has 3 atom stereocenters. The molecule has 256 valence electrons. The summed E-state index contributed by atoms with van der Waals surface area (Å²) in [5, 5.41) is 26.1. The lowest BCUT2D eigenvalue weighted by molar-refractivity contribution is -0.150. The van der Waals surface area contributed by atoms with E-state index in [0.717, 1.165) is 28.7 Å². The van der Waals surface area contributed by atoms with E-state index in [-0.39, 0.29) is 59.6 Å². The maximum atomic E-state index is 15.4. The molecule has 2 saturated heterocycles. The van der Waals surface area contributed by atoms with Gasteiger partial charge in [0.1, 0.15) is 35.1 Å². The van der Waals surface area contributed by atoms with Gasteiger partial charge in [-0.2, -0.15) is 0 Å². The summed E-state index contributed by atoms with van der Waals surface area (Å²) in [7, 11) is 0. The Kier molecular flexibility index (Phi) is 8.56. The van der Waals surface area contributed by atoms with Gasteiger partial charge in [0.2, 0.25) is 11.3 Å². The molecule has 3 amide bonds. The number of halogens is 1. The summed E-state index contributed by atoms with van der Waals surface area (Å²) in [4.78, 5) is 78.5. The zero-order valence-electron chi connectivity index (χ0n) is 25.7. The van der Waals surface area contributed by atoms with Crippen LogP contribution in [0.5, 0.6) is 0 Å². The van der Waals surface area contributed by atoms with Gasteiger partial charge in [-0.1, -0.05) is 6.07 Å². The molecule has 17 heteroatoms. The van der Waals surface area contributed by atoms with Gasteiger partial charge < -0.3 is 35.1 Å². The van der Waals surface area contributed by atoms with E-state index in [4.69, 9.17) is 4.74 Å². The number of benzene rings is 1. The highest BCUT2D eigenvalue weighted by atomic mass is 32.2. The summed E-state index contributed by atoms with van der Waals surface area (Å²) >= 11 is 2.68. The molecule has 7 rings (SSSR count). The first-order chi connectivity index (χ1) is 23.5. The largest absolute Gasteiger partial charge is 0.477 e. The van der Waals surface area contributed by atoms with E-state index in [2.05, 4.69) is 10.6 Å². The Morgan fingerprint density at radius 3 is 2.55 bits per heavy atom. The average molecular weight is 712 g/mol. The zero-order valence-corrected chi connectivity index (χ0v) is 27.4. The Bertz CT molecular complexity index is 1990. The minimum atomic E-state index is -1.37. The molecule has 14 nitrogen and oxygen atoms in total. The van der Waals surface area contributed by atoms with Crippen LogP contribution in [0.25, 0.3) is 10.9 Å². The van der Waals surface area contributed by atoms with Gasteiger partial charge in [0.25, 0.3) is 5.91 Å². The van der Waals surface area contributed by atoms with Crippen LogP contribution in [0.4, 0.5) is 14.9 Å². The van der Waals surface area contributed by atoms with Crippen LogP contribution >= 0.6 is 23.1 Å². The first-order valence-corrected chi connectivity index (χ1v) is 17.4. The quantitative estimate of drug-likeness (QED) is 0.227. The van der Waals surface area contributed by atoms with Crippen LogP contribution in [0.1, 0.15) is 40.5 Å². The second-order valence-electron chi connectivity index (χ2n) is 12.3. The number of alkyl carbamates (subject to hydrolysis) is 1. The third kappa shape index (κ3) is 6.23. The number of aliphatic carboxylic acids is 1. The number of carboxylic acid groups (broad SMARTS) is 2. The van der Waals surface area contributed by atoms with Crippen molar-refractivity contribution in [3.63, 3.8) is 0 Å². The Morgan fingerprint density at radius 1 is 1.06 bits per heavy atom. The number of ether oxygens (including phenoxy) is 1. The van der Waals surface area contributed by atoms with E-state index in [9.17, 15) is 39.0 Å². The number of nitrogens with zero attached hydrogens (tertiary/aromatic N) is 3. The van der Waals surface area contributed by atoms with E-state index in [0.29, 0.717) is 18.5 Å². The second-order valence-corrected chi connectivity index (χ2v) is 14.4. The van der Waals surface area contributed by atoms with Crippen LogP contribution in [0.2, 0.25) is 0 Å². The SMILES string of the molecule is O=C(Cc1cccs1)NC1C(=O)N2C(C(=O)O)=C(COC(=O)NC3CCN(c4cc5c(cc4F)c(=O)c(C(=O)O)cn5C4CC4)C3)CSC12. The predicted molar refractivity (Wildman–Crippen MR) is 176 cm³/mol. The number of nitrogens with one attached hydrogen (secondary N) is 2. The monoisotopic (exact) mass is 711 g/mol. The topological polar surface area (TPSA) is 188 Å². The number of aromatic nitrogens is 1. The smallest absolute Gasteiger partial charge is 0.407 e. The van der Waals surface area contributed by atoms with Crippen molar-refractivity contribution in [2.24, 2.45) is 0 Å². The van der Waals surface area contributed by atoms with Gasteiger partial charge in [0.15, 0.2) is 0 Å². The van der Waals surface area contributed by atoms with Gasteiger partial charge >= 0.3 is 18.0 Å². The minimum Gasteiger partial charge on any atom is -0.477 e. The number of pyridine rings is 1. The number of anilines is 1. The normalized spacial score (nSPS) is 21.7. The first kappa shape index (κ1) is 32.6. The lowest BCUT2D eigenvalue weighted by Gasteiger charge is -2.49. The number of carbonyl (C=O) groups is 5. The highest BCUT2D eigenvalue weighted by Gasteiger charge is 2.54. The Morgan fingerprint density at radius 2 is 1.86 bits per heavy atom. The molecule has 0 spiro atoms. The van der Waals surface area contributed by atoms with Gasteiger partial charge in [-0.25, -0.2) is 18.8 Å². The number of aromatic carboxylic acids is 1. The number of rotatable bonds is 10. The minimum absolute atomic E-state index is 0.0120. The standard InChI is InChI=1S/C32H30FN5O9S2/c33-21-9-19-22(37(17-3-4-17)12-20(27(19)40)30(42)43)10-23(21)36-6-5-16(11-36)34-32(46)47-13-15-14-49-29-25(28(41)38(29)26(15)31(44)45)35-24(39)8-18-2-1-7-48-18/h1-2,7,9-10,12,16-17,25,29H,3-6,8,11,13-14H2,(H,34,46)(H,35,39)(H,42,43)(H,44,45). The Hall–Kier alpha value is -4.90. The van der Waals surface area contributed by atoms with E-state index >= 15 is 4.39 Å². The van der Waals surface area contributed by atoms with Crippen molar-refractivity contribution in [3.8, 4) is 0 Å². The molecule has 3 fully saturated rings. The summed E-state index contributed by atoms with van der Waals surface area (Å²) in [6.07, 6.45) is 2.69. The Labute approximate surface area is 285 Å². The van der Waals surface area contributed by atoms with Gasteiger partial charge in [-0.05, 0) is 42.8 Å². The molecule has 3 aliphatic heterocycles. The van der Waals surface area contributed by atoms with Crippen molar-refractivity contribution >= 4 is 69.5 Å². The maximum Gasteiger partial charge on any atom is 0.407 e. The molecule has 0 bridgehead atoms. The number of carboxylic acids is 2. The van der Waals surface area contributed by atoms with Crippen molar-refractivity contribution in [2.45, 2.75) is 49.2 Å². The maximum absolute atomic E-state index is 15.4. The molecule has 2 aromatic heterocycles. The van der Waals surface area contributed by atoms with Crippen LogP contribution < -0.4 is 21.0 Å². The third-order valence-corrected chi connectivity index (χ3v) is 11.2. The third-order valence-electron chi connectivity index (χ3n) is 8.98. The van der Waals surface area contributed by atoms with Crippen molar-refractivity contribution in [1.29, 1.82) is 0 Å². The zero-order chi connectivity index (χ0) is 34.6. The number of thioether (sulfide) groups is 1. The number of fused-ring (bicyclic) bond motifs is 2. The number of amides is 3. The van der Waals surface area contributed by atoms with Gasteiger partial charge in [-0.15, -0.1) is 23.1 Å². The van der Waals surface area contributed by atoms with Crippen molar-refractivity contribution in [2.75, 3.05) is 30.3 Å². The van der Waals surface area contributed by atoms with E-state index in [1.807, 2.05) is 17.5 Å². The lowest BCUT2D eigenvalue weighted by Crippen LogP contribution is -2.70. The molecular formula is C32H30FN5O9S2. The van der Waals surface area contributed by atoms with E-state index in [1.54, 1.807) is 15.5 Å². The average Bonchev–Trinajstić information content (AvgIpc) is 3.58. The molecule has 3 aromatic rings. The molecule has 4 aliphatic rings. The first-order valence-electron chi connectivity index (χ1n) is 15.5. The number of thiophene rings is 1. The van der Waals surface area contributed by atoms with Gasteiger partial charge in [0.05, 0.1) is 23.7 Å². The summed E-state index contributed by atoms with van der Waals surface area (Å²) < 4.78 is 22.4. The second kappa shape index (κ2) is 12.9. The molecule has 49 heavy (non-hydrogen) atoms. The predicted octanol–water partition coefficient (Wildman–Crippen LogP) is 2.52. The van der Waals surface area contributed by atoms with Crippen LogP contribution in [0.15, 0.2) is 51.9 Å². The van der Waals surface area contributed by atoms with E-state index in [1.165, 1.54) is 29.3 Å².